The van der Waals surface area contributed by atoms with Crippen molar-refractivity contribution in [3.05, 3.63) is 51.9 Å². The zero-order chi connectivity index (χ0) is 16.3. The Morgan fingerprint density at radius 1 is 1.27 bits per heavy atom. The lowest BCUT2D eigenvalue weighted by Gasteiger charge is -2.20. The van der Waals surface area contributed by atoms with Gasteiger partial charge in [0.15, 0.2) is 0 Å². The van der Waals surface area contributed by atoms with Gasteiger partial charge in [0.05, 0.1) is 18.2 Å². The molecule has 1 amide bonds. The largest absolute Gasteiger partial charge is 0.361 e. The van der Waals surface area contributed by atoms with Crippen LogP contribution in [0.3, 0.4) is 0 Å². The maximum atomic E-state index is 12.4. The van der Waals surface area contributed by atoms with Crippen LogP contribution < -0.4 is 5.32 Å². The number of aryl methyl sites for hydroxylation is 4. The molecule has 0 spiro atoms. The van der Waals surface area contributed by atoms with Gasteiger partial charge in [-0.2, -0.15) is 0 Å². The Morgan fingerprint density at radius 3 is 2.55 bits per heavy atom. The third-order valence-electron chi connectivity index (χ3n) is 4.06. The average Bonchev–Trinajstić information content (AvgIpc) is 2.77. The minimum absolute atomic E-state index is 0.00113. The van der Waals surface area contributed by atoms with Gasteiger partial charge in [0.2, 0.25) is 5.91 Å². The topological polar surface area (TPSA) is 55.1 Å². The fraction of sp³-hybridized carbons (Fsp3) is 0.444. The number of carbonyl (C=O) groups is 1. The van der Waals surface area contributed by atoms with E-state index in [1.165, 1.54) is 16.7 Å². The second kappa shape index (κ2) is 6.77. The van der Waals surface area contributed by atoms with Gasteiger partial charge in [-0.05, 0) is 45.2 Å². The van der Waals surface area contributed by atoms with E-state index in [1.54, 1.807) is 0 Å². The number of hydrogen-bond acceptors (Lipinski definition) is 3. The maximum absolute atomic E-state index is 12.4. The summed E-state index contributed by atoms with van der Waals surface area (Å²) in [5.74, 6) is 0.716. The Bertz CT molecular complexity index is 654. The molecule has 0 fully saturated rings. The Kier molecular flexibility index (Phi) is 5.01. The number of nitrogens with zero attached hydrogens (tertiary/aromatic N) is 1. The third kappa shape index (κ3) is 3.56. The van der Waals surface area contributed by atoms with Gasteiger partial charge in [0.1, 0.15) is 5.76 Å². The fourth-order valence-corrected chi connectivity index (χ4v) is 2.78. The van der Waals surface area contributed by atoms with E-state index in [1.807, 2.05) is 13.8 Å². The Labute approximate surface area is 131 Å². The maximum Gasteiger partial charge on any atom is 0.225 e. The van der Waals surface area contributed by atoms with Crippen molar-refractivity contribution in [2.45, 2.75) is 53.5 Å². The van der Waals surface area contributed by atoms with Gasteiger partial charge in [-0.3, -0.25) is 4.79 Å². The summed E-state index contributed by atoms with van der Waals surface area (Å²) in [5.41, 5.74) is 5.29. The van der Waals surface area contributed by atoms with Gasteiger partial charge in [-0.25, -0.2) is 0 Å². The van der Waals surface area contributed by atoms with Crippen molar-refractivity contribution in [3.8, 4) is 0 Å². The smallest absolute Gasteiger partial charge is 0.225 e. The number of hydrogen-bond donors (Lipinski definition) is 1. The first kappa shape index (κ1) is 16.3. The molecular formula is C18H24N2O2. The molecule has 4 heteroatoms. The quantitative estimate of drug-likeness (QED) is 0.915. The van der Waals surface area contributed by atoms with Crippen molar-refractivity contribution in [2.75, 3.05) is 0 Å². The lowest BCUT2D eigenvalue weighted by atomic mass is 9.97. The van der Waals surface area contributed by atoms with Gasteiger partial charge in [-0.15, -0.1) is 0 Å². The second-order valence-electron chi connectivity index (χ2n) is 5.87. The standard InChI is InChI=1S/C18H24N2O2/c1-6-17(15-8-7-11(2)9-12(15)3)19-18(21)10-16-13(4)20-22-14(16)5/h7-9,17H,6,10H2,1-5H3,(H,19,21)/t17-/m0/s1. The third-order valence-corrected chi connectivity index (χ3v) is 4.06. The molecule has 1 N–H and O–H groups in total. The van der Waals surface area contributed by atoms with E-state index in [0.717, 1.165) is 17.7 Å². The molecule has 0 unspecified atom stereocenters. The van der Waals surface area contributed by atoms with E-state index in [0.29, 0.717) is 12.2 Å². The molecule has 2 rings (SSSR count). The molecule has 1 atom stereocenters. The molecule has 1 aromatic heterocycles. The van der Waals surface area contributed by atoms with Crippen molar-refractivity contribution >= 4 is 5.91 Å². The Morgan fingerprint density at radius 2 is 2.00 bits per heavy atom. The predicted molar refractivity (Wildman–Crippen MR) is 86.8 cm³/mol. The summed E-state index contributed by atoms with van der Waals surface area (Å²) < 4.78 is 5.11. The molecule has 0 radical (unpaired) electrons. The summed E-state index contributed by atoms with van der Waals surface area (Å²) in [5, 5.41) is 7.02. The molecule has 0 bridgehead atoms. The van der Waals surface area contributed by atoms with Crippen LogP contribution in [-0.2, 0) is 11.2 Å². The lowest BCUT2D eigenvalue weighted by Crippen LogP contribution is -2.30. The van der Waals surface area contributed by atoms with Gasteiger partial charge >= 0.3 is 0 Å². The first-order valence-electron chi connectivity index (χ1n) is 7.70. The highest BCUT2D eigenvalue weighted by Crippen LogP contribution is 2.22. The van der Waals surface area contributed by atoms with E-state index in [9.17, 15) is 4.79 Å². The number of nitrogens with one attached hydrogen (secondary N) is 1. The second-order valence-corrected chi connectivity index (χ2v) is 5.87. The number of amides is 1. The number of rotatable bonds is 5. The van der Waals surface area contributed by atoms with Gasteiger partial charge in [-0.1, -0.05) is 35.8 Å². The highest BCUT2D eigenvalue weighted by Gasteiger charge is 2.18. The molecule has 0 saturated heterocycles. The molecule has 118 valence electrons. The summed E-state index contributed by atoms with van der Waals surface area (Å²) in [4.78, 5) is 12.4. The summed E-state index contributed by atoms with van der Waals surface area (Å²) in [6.45, 7) is 9.95. The summed E-state index contributed by atoms with van der Waals surface area (Å²) in [6.07, 6.45) is 1.17. The molecule has 22 heavy (non-hydrogen) atoms. The molecule has 1 aromatic carbocycles. The highest BCUT2D eigenvalue weighted by molar-refractivity contribution is 5.79. The van der Waals surface area contributed by atoms with Crippen LogP contribution in [0.1, 0.15) is 53.1 Å². The molecule has 0 aliphatic heterocycles. The Balaban J connectivity index is 2.11. The van der Waals surface area contributed by atoms with Crippen LogP contribution in [0, 0.1) is 27.7 Å². The van der Waals surface area contributed by atoms with Crippen LogP contribution in [0.2, 0.25) is 0 Å². The van der Waals surface area contributed by atoms with Crippen LogP contribution in [0.5, 0.6) is 0 Å². The summed E-state index contributed by atoms with van der Waals surface area (Å²) in [7, 11) is 0. The molecule has 0 aliphatic carbocycles. The summed E-state index contributed by atoms with van der Waals surface area (Å²) in [6, 6.07) is 6.38. The first-order chi connectivity index (χ1) is 10.4. The molecular weight excluding hydrogens is 276 g/mol. The van der Waals surface area contributed by atoms with Crippen LogP contribution in [0.25, 0.3) is 0 Å². The van der Waals surface area contributed by atoms with Crippen LogP contribution in [0.4, 0.5) is 0 Å². The van der Waals surface area contributed by atoms with Crippen molar-refractivity contribution in [1.82, 2.24) is 10.5 Å². The number of carbonyl (C=O) groups excluding carboxylic acids is 1. The zero-order valence-electron chi connectivity index (χ0n) is 14.0. The molecule has 0 aliphatic rings. The van der Waals surface area contributed by atoms with E-state index < -0.39 is 0 Å². The normalized spacial score (nSPS) is 12.2. The highest BCUT2D eigenvalue weighted by atomic mass is 16.5. The minimum Gasteiger partial charge on any atom is -0.361 e. The first-order valence-corrected chi connectivity index (χ1v) is 7.70. The zero-order valence-corrected chi connectivity index (χ0v) is 14.0. The Hall–Kier alpha value is -2.10. The van der Waals surface area contributed by atoms with Crippen LogP contribution >= 0.6 is 0 Å². The number of aromatic nitrogens is 1. The fourth-order valence-electron chi connectivity index (χ4n) is 2.78. The van der Waals surface area contributed by atoms with E-state index in [2.05, 4.69) is 49.4 Å². The van der Waals surface area contributed by atoms with Crippen molar-refractivity contribution in [1.29, 1.82) is 0 Å². The lowest BCUT2D eigenvalue weighted by molar-refractivity contribution is -0.121. The van der Waals surface area contributed by atoms with E-state index in [-0.39, 0.29) is 11.9 Å². The summed E-state index contributed by atoms with van der Waals surface area (Å²) >= 11 is 0. The van der Waals surface area contributed by atoms with Crippen LogP contribution in [0.15, 0.2) is 22.7 Å². The van der Waals surface area contributed by atoms with E-state index >= 15 is 0 Å². The molecule has 4 nitrogen and oxygen atoms in total. The SMILES string of the molecule is CC[C@H](NC(=O)Cc1c(C)noc1C)c1ccc(C)cc1C. The number of benzene rings is 1. The van der Waals surface area contributed by atoms with Crippen molar-refractivity contribution < 1.29 is 9.32 Å². The predicted octanol–water partition coefficient (Wildman–Crippen LogP) is 3.72. The molecule has 1 heterocycles. The van der Waals surface area contributed by atoms with Gasteiger partial charge in [0, 0.05) is 5.56 Å². The van der Waals surface area contributed by atoms with Crippen LogP contribution in [-0.4, -0.2) is 11.1 Å². The van der Waals surface area contributed by atoms with Gasteiger partial charge in [0.25, 0.3) is 0 Å². The van der Waals surface area contributed by atoms with Crippen molar-refractivity contribution in [3.63, 3.8) is 0 Å². The van der Waals surface area contributed by atoms with Crippen molar-refractivity contribution in [2.24, 2.45) is 0 Å². The average molecular weight is 300 g/mol. The van der Waals surface area contributed by atoms with Gasteiger partial charge < -0.3 is 9.84 Å². The molecule has 0 saturated carbocycles. The minimum atomic E-state index is 0.00113. The monoisotopic (exact) mass is 300 g/mol. The molecule has 2 aromatic rings. The van der Waals surface area contributed by atoms with E-state index in [4.69, 9.17) is 4.52 Å².